The number of fused-ring (bicyclic) bond motifs is 1. The number of rotatable bonds is 3. The first-order chi connectivity index (χ1) is 10.6. The second kappa shape index (κ2) is 5.73. The molecule has 0 aliphatic heterocycles. The van der Waals surface area contributed by atoms with Gasteiger partial charge in [-0.1, -0.05) is 12.1 Å². The second-order valence-corrected chi connectivity index (χ2v) is 4.66. The van der Waals surface area contributed by atoms with Gasteiger partial charge < -0.3 is 5.11 Å². The number of nitrogens with zero attached hydrogens (tertiary/aromatic N) is 2. The molecule has 0 bridgehead atoms. The first-order valence-corrected chi connectivity index (χ1v) is 6.56. The predicted molar refractivity (Wildman–Crippen MR) is 81.8 cm³/mol. The van der Waals surface area contributed by atoms with Gasteiger partial charge in [-0.3, -0.25) is 4.98 Å². The molecule has 1 aromatic carbocycles. The highest BCUT2D eigenvalue weighted by atomic mass is 19.1. The molecule has 0 unspecified atom stereocenters. The van der Waals surface area contributed by atoms with E-state index in [4.69, 9.17) is 5.11 Å². The lowest BCUT2D eigenvalue weighted by Crippen LogP contribution is -2.00. The number of hydrogen-bond acceptors (Lipinski definition) is 3. The monoisotopic (exact) mass is 294 g/mol. The Morgan fingerprint density at radius 3 is 2.77 bits per heavy atom. The Bertz CT molecular complexity index is 891. The molecule has 0 spiro atoms. The summed E-state index contributed by atoms with van der Waals surface area (Å²) in [5, 5.41) is 8.91. The van der Waals surface area contributed by atoms with Crippen molar-refractivity contribution in [1.82, 2.24) is 9.97 Å². The van der Waals surface area contributed by atoms with Crippen molar-refractivity contribution in [2.75, 3.05) is 0 Å². The van der Waals surface area contributed by atoms with Gasteiger partial charge >= 0.3 is 5.97 Å². The molecule has 108 valence electrons. The number of halogens is 1. The summed E-state index contributed by atoms with van der Waals surface area (Å²) in [6, 6.07) is 11.3. The molecule has 0 amide bonds. The van der Waals surface area contributed by atoms with Crippen LogP contribution < -0.4 is 0 Å². The Hall–Kier alpha value is -3.08. The van der Waals surface area contributed by atoms with E-state index in [0.29, 0.717) is 11.3 Å². The number of aromatic carboxylic acids is 1. The smallest absolute Gasteiger partial charge is 0.338 e. The molecule has 0 aliphatic rings. The van der Waals surface area contributed by atoms with Crippen LogP contribution in [-0.4, -0.2) is 21.0 Å². The number of carbonyl (C=O) groups is 1. The average molecular weight is 294 g/mol. The summed E-state index contributed by atoms with van der Waals surface area (Å²) in [5.74, 6) is -2.04. The third-order valence-corrected chi connectivity index (χ3v) is 3.15. The number of benzene rings is 1. The fourth-order valence-corrected chi connectivity index (χ4v) is 2.06. The van der Waals surface area contributed by atoms with Crippen molar-refractivity contribution in [3.63, 3.8) is 0 Å². The van der Waals surface area contributed by atoms with Crippen molar-refractivity contribution in [2.24, 2.45) is 0 Å². The first-order valence-electron chi connectivity index (χ1n) is 6.56. The van der Waals surface area contributed by atoms with Crippen molar-refractivity contribution in [2.45, 2.75) is 0 Å². The van der Waals surface area contributed by atoms with Crippen molar-refractivity contribution in [3.8, 4) is 0 Å². The van der Waals surface area contributed by atoms with Crippen molar-refractivity contribution >= 4 is 29.2 Å². The molecule has 0 radical (unpaired) electrons. The zero-order valence-electron chi connectivity index (χ0n) is 11.4. The topological polar surface area (TPSA) is 63.1 Å². The van der Waals surface area contributed by atoms with Crippen LogP contribution in [0.2, 0.25) is 0 Å². The summed E-state index contributed by atoms with van der Waals surface area (Å²) in [6.07, 6.45) is 5.13. The largest absolute Gasteiger partial charge is 0.478 e. The maximum atomic E-state index is 13.3. The lowest BCUT2D eigenvalue weighted by molar-refractivity contribution is 0.0692. The van der Waals surface area contributed by atoms with E-state index >= 15 is 0 Å². The molecule has 2 aromatic heterocycles. The van der Waals surface area contributed by atoms with Gasteiger partial charge in [0.1, 0.15) is 5.82 Å². The van der Waals surface area contributed by atoms with Gasteiger partial charge in [0.15, 0.2) is 0 Å². The summed E-state index contributed by atoms with van der Waals surface area (Å²) in [6.45, 7) is 0. The third kappa shape index (κ3) is 2.83. The molecule has 5 heteroatoms. The van der Waals surface area contributed by atoms with E-state index in [1.807, 2.05) is 24.3 Å². The molecule has 22 heavy (non-hydrogen) atoms. The van der Waals surface area contributed by atoms with E-state index < -0.39 is 11.8 Å². The van der Waals surface area contributed by atoms with Gasteiger partial charge in [-0.2, -0.15) is 0 Å². The Morgan fingerprint density at radius 1 is 1.09 bits per heavy atom. The summed E-state index contributed by atoms with van der Waals surface area (Å²) in [4.78, 5) is 19.5. The zero-order chi connectivity index (χ0) is 15.5. The van der Waals surface area contributed by atoms with Gasteiger partial charge in [-0.25, -0.2) is 14.2 Å². The molecule has 0 aliphatic carbocycles. The third-order valence-electron chi connectivity index (χ3n) is 3.15. The molecule has 0 atom stereocenters. The van der Waals surface area contributed by atoms with Crippen LogP contribution in [0.3, 0.4) is 0 Å². The first kappa shape index (κ1) is 13.9. The highest BCUT2D eigenvalue weighted by Gasteiger charge is 2.09. The highest BCUT2D eigenvalue weighted by Crippen LogP contribution is 2.15. The lowest BCUT2D eigenvalue weighted by atomic mass is 10.1. The molecular weight excluding hydrogens is 283 g/mol. The molecule has 4 nitrogen and oxygen atoms in total. The van der Waals surface area contributed by atoms with E-state index in [1.165, 1.54) is 12.1 Å². The Kier molecular flexibility index (Phi) is 3.62. The number of pyridine rings is 2. The van der Waals surface area contributed by atoms with Crippen molar-refractivity contribution in [3.05, 3.63) is 71.3 Å². The molecule has 1 N–H and O–H groups in total. The number of carboxylic acid groups (broad SMARTS) is 1. The van der Waals surface area contributed by atoms with Crippen LogP contribution in [0.1, 0.15) is 21.6 Å². The minimum Gasteiger partial charge on any atom is -0.478 e. The summed E-state index contributed by atoms with van der Waals surface area (Å²) < 4.78 is 13.3. The standard InChI is InChI=1S/C17H11FN2O2/c18-14-7-4-11(10-13(14)17(21)22)3-5-12-6-8-15-16(20-12)2-1-9-19-15/h1-10H,(H,21,22)/b5-3+. The predicted octanol–water partition coefficient (Wildman–Crippen LogP) is 3.64. The van der Waals surface area contributed by atoms with Crippen LogP contribution in [0.5, 0.6) is 0 Å². The molecule has 2 heterocycles. The molecule has 0 fully saturated rings. The summed E-state index contributed by atoms with van der Waals surface area (Å²) >= 11 is 0. The fraction of sp³-hybridized carbons (Fsp3) is 0. The molecular formula is C17H11FN2O2. The normalized spacial score (nSPS) is 11.1. The fourth-order valence-electron chi connectivity index (χ4n) is 2.06. The van der Waals surface area contributed by atoms with Gasteiger partial charge in [0.25, 0.3) is 0 Å². The highest BCUT2D eigenvalue weighted by molar-refractivity contribution is 5.89. The van der Waals surface area contributed by atoms with Crippen LogP contribution in [0, 0.1) is 5.82 Å². The van der Waals surface area contributed by atoms with E-state index in [1.54, 1.807) is 18.3 Å². The number of hydrogen-bond donors (Lipinski definition) is 1. The summed E-state index contributed by atoms with van der Waals surface area (Å²) in [7, 11) is 0. The lowest BCUT2D eigenvalue weighted by Gasteiger charge is -2.00. The van der Waals surface area contributed by atoms with Crippen LogP contribution in [-0.2, 0) is 0 Å². The van der Waals surface area contributed by atoms with E-state index in [9.17, 15) is 9.18 Å². The van der Waals surface area contributed by atoms with Gasteiger partial charge in [0.05, 0.1) is 22.3 Å². The maximum Gasteiger partial charge on any atom is 0.338 e. The minimum absolute atomic E-state index is 0.349. The van der Waals surface area contributed by atoms with E-state index in [0.717, 1.165) is 17.1 Å². The average Bonchev–Trinajstić information content (AvgIpc) is 2.53. The zero-order valence-corrected chi connectivity index (χ0v) is 11.4. The Balaban J connectivity index is 1.92. The van der Waals surface area contributed by atoms with Crippen LogP contribution in [0.4, 0.5) is 4.39 Å². The minimum atomic E-state index is -1.29. The van der Waals surface area contributed by atoms with Crippen molar-refractivity contribution in [1.29, 1.82) is 0 Å². The van der Waals surface area contributed by atoms with E-state index in [-0.39, 0.29) is 5.56 Å². The molecule has 3 aromatic rings. The van der Waals surface area contributed by atoms with Gasteiger partial charge in [0.2, 0.25) is 0 Å². The van der Waals surface area contributed by atoms with Gasteiger partial charge in [0, 0.05) is 6.20 Å². The van der Waals surface area contributed by atoms with Gasteiger partial charge in [-0.15, -0.1) is 0 Å². The van der Waals surface area contributed by atoms with Crippen LogP contribution >= 0.6 is 0 Å². The number of carboxylic acids is 1. The quantitative estimate of drug-likeness (QED) is 0.801. The van der Waals surface area contributed by atoms with Crippen LogP contribution in [0.25, 0.3) is 23.2 Å². The molecule has 0 saturated carbocycles. The number of aromatic nitrogens is 2. The molecule has 3 rings (SSSR count). The maximum absolute atomic E-state index is 13.3. The van der Waals surface area contributed by atoms with E-state index in [2.05, 4.69) is 9.97 Å². The second-order valence-electron chi connectivity index (χ2n) is 4.66. The Labute approximate surface area is 125 Å². The van der Waals surface area contributed by atoms with Gasteiger partial charge in [-0.05, 0) is 48.0 Å². The molecule has 0 saturated heterocycles. The summed E-state index contributed by atoms with van der Waals surface area (Å²) in [5.41, 5.74) is 2.52. The van der Waals surface area contributed by atoms with Crippen molar-refractivity contribution < 1.29 is 14.3 Å². The SMILES string of the molecule is O=C(O)c1cc(/C=C/c2ccc3ncccc3n2)ccc1F. The van der Waals surface area contributed by atoms with Crippen LogP contribution in [0.15, 0.2) is 48.7 Å². The Morgan fingerprint density at radius 2 is 1.95 bits per heavy atom.